The third-order valence-corrected chi connectivity index (χ3v) is 5.83. The molecule has 0 radical (unpaired) electrons. The van der Waals surface area contributed by atoms with E-state index in [1.165, 1.54) is 36.4 Å². The highest BCUT2D eigenvalue weighted by molar-refractivity contribution is 7.09. The topological polar surface area (TPSA) is 24.9 Å². The Balaban J connectivity index is 1.94. The van der Waals surface area contributed by atoms with Gasteiger partial charge in [-0.05, 0) is 44.1 Å². The molecule has 1 aromatic rings. The van der Waals surface area contributed by atoms with Crippen LogP contribution in [-0.2, 0) is 5.54 Å². The van der Waals surface area contributed by atoms with Crippen LogP contribution in [0.5, 0.6) is 0 Å². The third kappa shape index (κ3) is 1.66. The van der Waals surface area contributed by atoms with Crippen LogP contribution in [0, 0.1) is 11.8 Å². The van der Waals surface area contributed by atoms with Gasteiger partial charge in [-0.3, -0.25) is 0 Å². The summed E-state index contributed by atoms with van der Waals surface area (Å²) in [5.74, 6) is 2.31. The van der Waals surface area contributed by atoms with Crippen LogP contribution < -0.4 is 5.32 Å². The largest absolute Gasteiger partial charge is 0.308 e. The Kier molecular flexibility index (Phi) is 2.79. The van der Waals surface area contributed by atoms with Gasteiger partial charge in [-0.2, -0.15) is 0 Å². The molecule has 2 saturated carbocycles. The van der Waals surface area contributed by atoms with Crippen molar-refractivity contribution in [3.8, 4) is 0 Å². The number of hydrogen-bond donors (Lipinski definition) is 1. The minimum absolute atomic E-state index is 0.209. The Morgan fingerprint density at radius 2 is 2.29 bits per heavy atom. The molecule has 3 unspecified atom stereocenters. The van der Waals surface area contributed by atoms with E-state index in [-0.39, 0.29) is 5.54 Å². The van der Waals surface area contributed by atoms with Gasteiger partial charge in [-0.15, -0.1) is 11.3 Å². The molecule has 2 bridgehead atoms. The van der Waals surface area contributed by atoms with E-state index in [4.69, 9.17) is 4.98 Å². The van der Waals surface area contributed by atoms with Crippen LogP contribution >= 0.6 is 11.3 Å². The smallest absolute Gasteiger partial charge is 0.113 e. The predicted octanol–water partition coefficient (Wildman–Crippen LogP) is 3.50. The highest BCUT2D eigenvalue weighted by Gasteiger charge is 2.52. The lowest BCUT2D eigenvalue weighted by Crippen LogP contribution is -2.44. The maximum Gasteiger partial charge on any atom is 0.113 e. The van der Waals surface area contributed by atoms with Crippen molar-refractivity contribution in [2.24, 2.45) is 11.8 Å². The summed E-state index contributed by atoms with van der Waals surface area (Å²) < 4.78 is 0. The molecule has 94 valence electrons. The zero-order valence-electron chi connectivity index (χ0n) is 11.0. The van der Waals surface area contributed by atoms with Gasteiger partial charge in [0.2, 0.25) is 0 Å². The molecular weight excluding hydrogens is 228 g/mol. The minimum atomic E-state index is 0.209. The summed E-state index contributed by atoms with van der Waals surface area (Å²) in [6, 6.07) is 0. The molecule has 2 aliphatic rings. The van der Waals surface area contributed by atoms with Gasteiger partial charge in [0, 0.05) is 5.38 Å². The highest BCUT2D eigenvalue weighted by atomic mass is 32.1. The quantitative estimate of drug-likeness (QED) is 0.888. The van der Waals surface area contributed by atoms with Crippen LogP contribution in [0.1, 0.15) is 56.2 Å². The summed E-state index contributed by atoms with van der Waals surface area (Å²) in [6.07, 6.45) is 5.55. The molecule has 17 heavy (non-hydrogen) atoms. The lowest BCUT2D eigenvalue weighted by molar-refractivity contribution is 0.224. The van der Waals surface area contributed by atoms with Crippen molar-refractivity contribution in [3.05, 3.63) is 16.1 Å². The van der Waals surface area contributed by atoms with Crippen molar-refractivity contribution in [2.75, 3.05) is 7.05 Å². The normalized spacial score (nSPS) is 36.0. The first-order chi connectivity index (χ1) is 8.15. The number of hydrogen-bond acceptors (Lipinski definition) is 3. The minimum Gasteiger partial charge on any atom is -0.308 e. The fourth-order valence-electron chi connectivity index (χ4n) is 3.76. The van der Waals surface area contributed by atoms with Gasteiger partial charge < -0.3 is 5.32 Å². The molecule has 2 aliphatic carbocycles. The summed E-state index contributed by atoms with van der Waals surface area (Å²) in [4.78, 5) is 4.91. The molecule has 0 aromatic carbocycles. The average Bonchev–Trinajstić information content (AvgIpc) is 3.03. The van der Waals surface area contributed by atoms with Crippen LogP contribution in [0.25, 0.3) is 0 Å². The first-order valence-electron chi connectivity index (χ1n) is 6.80. The monoisotopic (exact) mass is 250 g/mol. The van der Waals surface area contributed by atoms with Crippen LogP contribution in [0.4, 0.5) is 0 Å². The second-order valence-electron chi connectivity index (χ2n) is 6.03. The summed E-state index contributed by atoms with van der Waals surface area (Å²) in [5, 5.41) is 7.22. The number of rotatable bonds is 3. The Morgan fingerprint density at radius 3 is 2.76 bits per heavy atom. The average molecular weight is 250 g/mol. The Morgan fingerprint density at radius 1 is 1.47 bits per heavy atom. The standard InChI is InChI=1S/C14H22N2S/c1-9(2)12-8-17-13(16-12)14(15-3)7-10-4-5-11(14)6-10/h8-11,15H,4-7H2,1-3H3. The summed E-state index contributed by atoms with van der Waals surface area (Å²) in [7, 11) is 2.12. The summed E-state index contributed by atoms with van der Waals surface area (Å²) >= 11 is 1.86. The van der Waals surface area contributed by atoms with Crippen molar-refractivity contribution in [1.29, 1.82) is 0 Å². The molecule has 2 fully saturated rings. The molecule has 0 saturated heterocycles. The van der Waals surface area contributed by atoms with Gasteiger partial charge in [-0.1, -0.05) is 20.3 Å². The molecule has 1 aromatic heterocycles. The van der Waals surface area contributed by atoms with Crippen molar-refractivity contribution < 1.29 is 0 Å². The van der Waals surface area contributed by atoms with Crippen molar-refractivity contribution in [3.63, 3.8) is 0 Å². The van der Waals surface area contributed by atoms with Crippen LogP contribution in [0.3, 0.4) is 0 Å². The number of thiazole rings is 1. The van der Waals surface area contributed by atoms with Gasteiger partial charge in [0.25, 0.3) is 0 Å². The molecule has 0 aliphatic heterocycles. The SMILES string of the molecule is CNC1(c2nc(C(C)C)cs2)CC2CCC1C2. The molecule has 1 N–H and O–H groups in total. The highest BCUT2D eigenvalue weighted by Crippen LogP contribution is 2.55. The number of nitrogens with zero attached hydrogens (tertiary/aromatic N) is 1. The molecule has 3 atom stereocenters. The van der Waals surface area contributed by atoms with E-state index >= 15 is 0 Å². The molecule has 0 amide bonds. The zero-order valence-corrected chi connectivity index (χ0v) is 11.8. The number of aromatic nitrogens is 1. The van der Waals surface area contributed by atoms with Gasteiger partial charge in [0.1, 0.15) is 5.01 Å². The lowest BCUT2D eigenvalue weighted by atomic mass is 9.81. The fraction of sp³-hybridized carbons (Fsp3) is 0.786. The van der Waals surface area contributed by atoms with E-state index in [9.17, 15) is 0 Å². The zero-order chi connectivity index (χ0) is 12.0. The maximum atomic E-state index is 4.91. The van der Waals surface area contributed by atoms with E-state index in [1.807, 2.05) is 11.3 Å². The Labute approximate surface area is 108 Å². The first-order valence-corrected chi connectivity index (χ1v) is 7.68. The lowest BCUT2D eigenvalue weighted by Gasteiger charge is -2.35. The van der Waals surface area contributed by atoms with E-state index in [1.54, 1.807) is 0 Å². The molecule has 3 rings (SSSR count). The predicted molar refractivity (Wildman–Crippen MR) is 72.4 cm³/mol. The molecule has 2 nitrogen and oxygen atoms in total. The van der Waals surface area contributed by atoms with Gasteiger partial charge in [-0.25, -0.2) is 4.98 Å². The van der Waals surface area contributed by atoms with E-state index in [0.717, 1.165) is 11.8 Å². The second-order valence-corrected chi connectivity index (χ2v) is 6.89. The molecule has 0 spiro atoms. The third-order valence-electron chi connectivity index (χ3n) is 4.79. The van der Waals surface area contributed by atoms with Gasteiger partial charge in [0.15, 0.2) is 0 Å². The van der Waals surface area contributed by atoms with E-state index < -0.39 is 0 Å². The summed E-state index contributed by atoms with van der Waals surface area (Å²) in [6.45, 7) is 4.46. The van der Waals surface area contributed by atoms with Crippen LogP contribution in [0.15, 0.2) is 5.38 Å². The fourth-order valence-corrected chi connectivity index (χ4v) is 5.04. The number of fused-ring (bicyclic) bond motifs is 2. The van der Waals surface area contributed by atoms with Crippen LogP contribution in [0.2, 0.25) is 0 Å². The van der Waals surface area contributed by atoms with E-state index in [0.29, 0.717) is 5.92 Å². The molecular formula is C14H22N2S. The van der Waals surface area contributed by atoms with Gasteiger partial charge in [0.05, 0.1) is 11.2 Å². The van der Waals surface area contributed by atoms with Gasteiger partial charge >= 0.3 is 0 Å². The Bertz CT molecular complexity index is 412. The van der Waals surface area contributed by atoms with Crippen LogP contribution in [-0.4, -0.2) is 12.0 Å². The maximum absolute atomic E-state index is 4.91. The summed E-state index contributed by atoms with van der Waals surface area (Å²) in [5.41, 5.74) is 1.48. The first kappa shape index (κ1) is 11.7. The van der Waals surface area contributed by atoms with E-state index in [2.05, 4.69) is 31.6 Å². The number of nitrogens with one attached hydrogen (secondary N) is 1. The second kappa shape index (κ2) is 4.06. The van der Waals surface area contributed by atoms with Crippen molar-refractivity contribution in [1.82, 2.24) is 10.3 Å². The molecule has 1 heterocycles. The van der Waals surface area contributed by atoms with Crippen molar-refractivity contribution in [2.45, 2.75) is 51.0 Å². The Hall–Kier alpha value is -0.410. The molecule has 3 heteroatoms. The van der Waals surface area contributed by atoms with Crippen molar-refractivity contribution >= 4 is 11.3 Å².